The van der Waals surface area contributed by atoms with Gasteiger partial charge in [0.15, 0.2) is 16.3 Å². The standard InChI is InChI=1S/C28H20ClN3O8S/c1-3-37-27(34)24-14(2)30-28-31(25(24)15-4-8-21-22(10-15)39-13-38-21)26(33)23(41-28)12-17-6-9-20(40-17)18-7-5-16(29)11-19(18)32(35)36/h4-12,25H,3,13H2,1-2H3/b23-12-. The Bertz CT molecular complexity index is 1950. The Morgan fingerprint density at radius 1 is 1.22 bits per heavy atom. The van der Waals surface area contributed by atoms with Crippen LogP contribution in [0.5, 0.6) is 11.5 Å². The number of halogens is 1. The lowest BCUT2D eigenvalue weighted by Crippen LogP contribution is -2.39. The first kappa shape index (κ1) is 26.5. The van der Waals surface area contributed by atoms with Crippen molar-refractivity contribution in [2.45, 2.75) is 19.9 Å². The Labute approximate surface area is 240 Å². The first-order valence-corrected chi connectivity index (χ1v) is 13.6. The number of hydrogen-bond donors (Lipinski definition) is 0. The number of esters is 1. The third kappa shape index (κ3) is 4.70. The topological polar surface area (TPSA) is 135 Å². The minimum absolute atomic E-state index is 0.0749. The van der Waals surface area contributed by atoms with Crippen LogP contribution in [0.3, 0.4) is 0 Å². The number of benzene rings is 2. The predicted octanol–water partition coefficient (Wildman–Crippen LogP) is 4.35. The van der Waals surface area contributed by atoms with Crippen molar-refractivity contribution in [3.05, 3.63) is 106 Å². The average molecular weight is 594 g/mol. The van der Waals surface area contributed by atoms with Crippen LogP contribution in [-0.2, 0) is 9.53 Å². The van der Waals surface area contributed by atoms with Crippen molar-refractivity contribution in [2.24, 2.45) is 4.99 Å². The van der Waals surface area contributed by atoms with E-state index in [4.69, 9.17) is 30.2 Å². The van der Waals surface area contributed by atoms with Gasteiger partial charge < -0.3 is 18.6 Å². The van der Waals surface area contributed by atoms with E-state index in [1.165, 1.54) is 28.8 Å². The van der Waals surface area contributed by atoms with Gasteiger partial charge in [-0.2, -0.15) is 0 Å². The number of rotatable bonds is 6. The van der Waals surface area contributed by atoms with Crippen LogP contribution in [0.4, 0.5) is 5.69 Å². The van der Waals surface area contributed by atoms with E-state index in [1.54, 1.807) is 44.2 Å². The van der Waals surface area contributed by atoms with E-state index in [2.05, 4.69) is 4.99 Å². The summed E-state index contributed by atoms with van der Waals surface area (Å²) in [6, 6.07) is 11.9. The summed E-state index contributed by atoms with van der Waals surface area (Å²) in [5, 5.41) is 11.8. The van der Waals surface area contributed by atoms with Crippen LogP contribution in [0.1, 0.15) is 31.2 Å². The highest BCUT2D eigenvalue weighted by Crippen LogP contribution is 2.38. The molecule has 11 nitrogen and oxygen atoms in total. The van der Waals surface area contributed by atoms with E-state index in [9.17, 15) is 19.7 Å². The Kier molecular flexibility index (Phi) is 6.72. The van der Waals surface area contributed by atoms with Gasteiger partial charge >= 0.3 is 5.97 Å². The molecule has 4 aromatic rings. The predicted molar refractivity (Wildman–Crippen MR) is 149 cm³/mol. The van der Waals surface area contributed by atoms with Crippen molar-refractivity contribution in [2.75, 3.05) is 13.4 Å². The molecule has 2 aromatic carbocycles. The lowest BCUT2D eigenvalue weighted by Gasteiger charge is -2.24. The normalized spacial score (nSPS) is 16.0. The molecule has 13 heteroatoms. The summed E-state index contributed by atoms with van der Waals surface area (Å²) in [6.45, 7) is 3.63. The van der Waals surface area contributed by atoms with E-state index < -0.39 is 22.5 Å². The molecule has 0 spiro atoms. The minimum Gasteiger partial charge on any atom is -0.463 e. The second-order valence-corrected chi connectivity index (χ2v) is 10.5. The molecular formula is C28H20ClN3O8S. The average Bonchev–Trinajstić information content (AvgIpc) is 3.67. The highest BCUT2D eigenvalue weighted by Gasteiger charge is 2.34. The Morgan fingerprint density at radius 2 is 2.02 bits per heavy atom. The molecule has 0 fully saturated rings. The number of carbonyl (C=O) groups is 1. The Balaban J connectivity index is 1.47. The van der Waals surface area contributed by atoms with Crippen molar-refractivity contribution in [3.8, 4) is 22.8 Å². The Morgan fingerprint density at radius 3 is 2.80 bits per heavy atom. The highest BCUT2D eigenvalue weighted by atomic mass is 35.5. The van der Waals surface area contributed by atoms with Gasteiger partial charge in [0.1, 0.15) is 11.5 Å². The number of thiazole rings is 1. The monoisotopic (exact) mass is 593 g/mol. The molecule has 208 valence electrons. The van der Waals surface area contributed by atoms with E-state index in [-0.39, 0.29) is 41.0 Å². The maximum Gasteiger partial charge on any atom is 0.338 e. The summed E-state index contributed by atoms with van der Waals surface area (Å²) < 4.78 is 23.9. The number of hydrogen-bond acceptors (Lipinski definition) is 10. The van der Waals surface area contributed by atoms with Crippen LogP contribution < -0.4 is 24.4 Å². The first-order valence-electron chi connectivity index (χ1n) is 12.4. The number of allylic oxidation sites excluding steroid dienone is 1. The van der Waals surface area contributed by atoms with Crippen LogP contribution in [0.25, 0.3) is 17.4 Å². The number of nitro groups is 1. The van der Waals surface area contributed by atoms with E-state index in [1.807, 2.05) is 0 Å². The molecule has 41 heavy (non-hydrogen) atoms. The second kappa shape index (κ2) is 10.4. The molecule has 0 bridgehead atoms. The third-order valence-corrected chi connectivity index (χ3v) is 7.77. The summed E-state index contributed by atoms with van der Waals surface area (Å²) in [5.74, 6) is 1.03. The molecule has 0 aliphatic carbocycles. The molecular weight excluding hydrogens is 574 g/mol. The van der Waals surface area contributed by atoms with Crippen LogP contribution in [0.15, 0.2) is 74.0 Å². The van der Waals surface area contributed by atoms with Crippen molar-refractivity contribution in [1.82, 2.24) is 4.57 Å². The van der Waals surface area contributed by atoms with Crippen LogP contribution in [0.2, 0.25) is 5.02 Å². The summed E-state index contributed by atoms with van der Waals surface area (Å²) in [5.41, 5.74) is 0.923. The third-order valence-electron chi connectivity index (χ3n) is 6.55. The number of nitro benzene ring substituents is 1. The maximum absolute atomic E-state index is 13.8. The van der Waals surface area contributed by atoms with Gasteiger partial charge in [-0.25, -0.2) is 9.79 Å². The summed E-state index contributed by atoms with van der Waals surface area (Å²) in [4.78, 5) is 42.9. The molecule has 4 heterocycles. The highest BCUT2D eigenvalue weighted by molar-refractivity contribution is 7.07. The van der Waals surface area contributed by atoms with Crippen LogP contribution >= 0.6 is 22.9 Å². The number of furan rings is 1. The molecule has 0 N–H and O–H groups in total. The molecule has 2 aliphatic heterocycles. The van der Waals surface area contributed by atoms with Gasteiger partial charge in [0.05, 0.1) is 38.9 Å². The summed E-state index contributed by atoms with van der Waals surface area (Å²) >= 11 is 7.06. The van der Waals surface area contributed by atoms with Crippen LogP contribution in [0, 0.1) is 10.1 Å². The minimum atomic E-state index is -0.828. The van der Waals surface area contributed by atoms with Gasteiger partial charge in [-0.15, -0.1) is 0 Å². The zero-order valence-electron chi connectivity index (χ0n) is 21.6. The van der Waals surface area contributed by atoms with Crippen LogP contribution in [-0.4, -0.2) is 28.9 Å². The van der Waals surface area contributed by atoms with Crippen molar-refractivity contribution in [3.63, 3.8) is 0 Å². The molecule has 2 aromatic heterocycles. The second-order valence-electron chi connectivity index (χ2n) is 9.04. The van der Waals surface area contributed by atoms with E-state index in [0.717, 1.165) is 11.3 Å². The van der Waals surface area contributed by atoms with Gasteiger partial charge in [0.25, 0.3) is 11.2 Å². The van der Waals surface area contributed by atoms with Gasteiger partial charge in [-0.05, 0) is 55.8 Å². The Hall–Kier alpha value is -4.68. The number of fused-ring (bicyclic) bond motifs is 2. The van der Waals surface area contributed by atoms with E-state index >= 15 is 0 Å². The number of carbonyl (C=O) groups excluding carboxylic acids is 1. The van der Waals surface area contributed by atoms with Crippen molar-refractivity contribution in [1.29, 1.82) is 0 Å². The van der Waals surface area contributed by atoms with Gasteiger partial charge in [-0.1, -0.05) is 29.0 Å². The molecule has 1 atom stereocenters. The number of aromatic nitrogens is 1. The molecule has 0 amide bonds. The molecule has 0 saturated carbocycles. The summed E-state index contributed by atoms with van der Waals surface area (Å²) in [6.07, 6.45) is 1.54. The maximum atomic E-state index is 13.8. The zero-order valence-corrected chi connectivity index (χ0v) is 23.2. The van der Waals surface area contributed by atoms with Crippen molar-refractivity contribution >= 4 is 40.7 Å². The number of nitrogens with zero attached hydrogens (tertiary/aromatic N) is 3. The molecule has 0 saturated heterocycles. The SMILES string of the molecule is CCOC(=O)C1=C(C)N=c2s/c(=C\c3ccc(-c4ccc(Cl)cc4[N+](=O)[O-])o3)c(=O)n2C1c1ccc2c(c1)OCO2. The number of ether oxygens (including phenoxy) is 3. The molecule has 2 aliphatic rings. The lowest BCUT2D eigenvalue weighted by molar-refractivity contribution is -0.384. The van der Waals surface area contributed by atoms with Gasteiger partial charge in [0.2, 0.25) is 6.79 Å². The van der Waals surface area contributed by atoms with Gasteiger partial charge in [0, 0.05) is 17.2 Å². The van der Waals surface area contributed by atoms with Gasteiger partial charge in [-0.3, -0.25) is 19.5 Å². The molecule has 0 radical (unpaired) electrons. The molecule has 6 rings (SSSR count). The fourth-order valence-electron chi connectivity index (χ4n) is 4.76. The smallest absolute Gasteiger partial charge is 0.338 e. The van der Waals surface area contributed by atoms with Crippen molar-refractivity contribution < 1.29 is 28.3 Å². The summed E-state index contributed by atoms with van der Waals surface area (Å²) in [7, 11) is 0. The first-order chi connectivity index (χ1) is 19.7. The lowest BCUT2D eigenvalue weighted by atomic mass is 9.95. The molecule has 1 unspecified atom stereocenters. The fourth-order valence-corrected chi connectivity index (χ4v) is 5.95. The fraction of sp³-hybridized carbons (Fsp3) is 0.179. The van der Waals surface area contributed by atoms with E-state index in [0.29, 0.717) is 37.9 Å². The largest absolute Gasteiger partial charge is 0.463 e. The zero-order chi connectivity index (χ0) is 28.8. The quantitative estimate of drug-likeness (QED) is 0.183.